The number of nitrogens with zero attached hydrogens (tertiary/aromatic N) is 1. The number of terminal acetylenes is 1. The molecule has 1 fully saturated rings. The first-order valence-corrected chi connectivity index (χ1v) is 5.77. The van der Waals surface area contributed by atoms with Crippen molar-refractivity contribution >= 4 is 0 Å². The molecule has 20 heavy (non-hydrogen) atoms. The van der Waals surface area contributed by atoms with Gasteiger partial charge in [0.05, 0.1) is 6.61 Å². The standard InChI is InChI=1S/C12H14N2O6/c1-3-12(5-15)8(17)7(16)10(20-12)14-4-6(2)9(18)13-11(14)19/h1,4,7-8,10,15-17H,5H2,2H3,(H,13,18,19)/t7-,8+,10?,12-/m1/s1/i1D. The van der Waals surface area contributed by atoms with E-state index in [4.69, 9.17) is 6.11 Å². The molecule has 1 saturated heterocycles. The summed E-state index contributed by atoms with van der Waals surface area (Å²) >= 11 is 0. The van der Waals surface area contributed by atoms with Gasteiger partial charge in [-0.3, -0.25) is 14.3 Å². The van der Waals surface area contributed by atoms with Gasteiger partial charge in [0.2, 0.25) is 0 Å². The van der Waals surface area contributed by atoms with Crippen molar-refractivity contribution in [3.8, 4) is 12.3 Å². The molecule has 4 atom stereocenters. The second-order valence-corrected chi connectivity index (χ2v) is 4.60. The molecule has 8 nitrogen and oxygen atoms in total. The van der Waals surface area contributed by atoms with E-state index in [2.05, 4.69) is 5.92 Å². The van der Waals surface area contributed by atoms with Crippen molar-refractivity contribution in [3.05, 3.63) is 32.6 Å². The Morgan fingerprint density at radius 1 is 1.65 bits per heavy atom. The molecule has 8 heteroatoms. The first-order chi connectivity index (χ1) is 9.86. The minimum absolute atomic E-state index is 0.202. The summed E-state index contributed by atoms with van der Waals surface area (Å²) in [5.41, 5.74) is -3.08. The molecule has 0 aliphatic carbocycles. The largest absolute Gasteiger partial charge is 0.392 e. The maximum absolute atomic E-state index is 11.8. The Morgan fingerprint density at radius 2 is 2.35 bits per heavy atom. The first-order valence-electron chi connectivity index (χ1n) is 6.27. The highest BCUT2D eigenvalue weighted by atomic mass is 16.6. The van der Waals surface area contributed by atoms with Gasteiger partial charge in [-0.25, -0.2) is 4.79 Å². The molecule has 0 saturated carbocycles. The van der Waals surface area contributed by atoms with Gasteiger partial charge in [-0.05, 0) is 6.92 Å². The lowest BCUT2D eigenvalue weighted by molar-refractivity contribution is -0.0937. The van der Waals surface area contributed by atoms with Crippen LogP contribution in [0.5, 0.6) is 0 Å². The van der Waals surface area contributed by atoms with Crippen molar-refractivity contribution < 1.29 is 21.4 Å². The van der Waals surface area contributed by atoms with Crippen LogP contribution >= 0.6 is 0 Å². The van der Waals surface area contributed by atoms with Gasteiger partial charge in [-0.15, -0.1) is 6.40 Å². The number of nitrogens with one attached hydrogen (secondary N) is 1. The summed E-state index contributed by atoms with van der Waals surface area (Å²) < 4.78 is 13.1. The number of hydrogen-bond acceptors (Lipinski definition) is 6. The Labute approximate surface area is 114 Å². The molecule has 0 amide bonds. The fraction of sp³-hybridized carbons (Fsp3) is 0.500. The van der Waals surface area contributed by atoms with Gasteiger partial charge in [0, 0.05) is 11.8 Å². The molecule has 0 aromatic carbocycles. The zero-order valence-corrected chi connectivity index (χ0v) is 10.5. The lowest BCUT2D eigenvalue weighted by atomic mass is 9.97. The van der Waals surface area contributed by atoms with Crippen molar-refractivity contribution in [1.82, 2.24) is 9.55 Å². The van der Waals surface area contributed by atoms with Crippen molar-refractivity contribution in [2.75, 3.05) is 6.61 Å². The predicted molar refractivity (Wildman–Crippen MR) is 66.8 cm³/mol. The predicted octanol–water partition coefficient (Wildman–Crippen LogP) is -2.54. The van der Waals surface area contributed by atoms with Crippen molar-refractivity contribution in [2.45, 2.75) is 31.0 Å². The average Bonchev–Trinajstić information content (AvgIpc) is 2.69. The lowest BCUT2D eigenvalue weighted by Crippen LogP contribution is -2.45. The number of hydrogen-bond donors (Lipinski definition) is 4. The fourth-order valence-electron chi connectivity index (χ4n) is 2.06. The zero-order chi connectivity index (χ0) is 15.8. The number of aryl methyl sites for hydroxylation is 1. The molecule has 0 radical (unpaired) electrons. The third-order valence-electron chi connectivity index (χ3n) is 3.29. The number of aliphatic hydroxyl groups is 3. The number of aromatic nitrogens is 2. The van der Waals surface area contributed by atoms with E-state index in [1.165, 1.54) is 13.1 Å². The molecule has 2 rings (SSSR count). The molecule has 1 aliphatic heterocycles. The Bertz CT molecular complexity index is 717. The molecular weight excluding hydrogens is 268 g/mol. The highest BCUT2D eigenvalue weighted by Gasteiger charge is 2.54. The number of aromatic amines is 1. The van der Waals surface area contributed by atoms with Crippen LogP contribution in [-0.4, -0.2) is 49.3 Å². The third-order valence-corrected chi connectivity index (χ3v) is 3.29. The zero-order valence-electron chi connectivity index (χ0n) is 11.5. The Kier molecular flexibility index (Phi) is 3.19. The molecule has 0 bridgehead atoms. The van der Waals surface area contributed by atoms with Crippen LogP contribution in [0, 0.1) is 19.2 Å². The summed E-state index contributed by atoms with van der Waals surface area (Å²) in [5.74, 6) is 2.18. The Hall–Kier alpha value is -1.92. The number of aliphatic hydroxyl groups excluding tert-OH is 3. The highest BCUT2D eigenvalue weighted by Crippen LogP contribution is 2.35. The van der Waals surface area contributed by atoms with Crippen LogP contribution in [0.15, 0.2) is 15.8 Å². The van der Waals surface area contributed by atoms with Gasteiger partial charge in [0.15, 0.2) is 11.8 Å². The normalized spacial score (nSPS) is 33.4. The molecule has 1 unspecified atom stereocenters. The van der Waals surface area contributed by atoms with E-state index in [1.54, 1.807) is 6.40 Å². The van der Waals surface area contributed by atoms with Crippen LogP contribution in [0.1, 0.15) is 13.2 Å². The van der Waals surface area contributed by atoms with Crippen LogP contribution in [0.3, 0.4) is 0 Å². The number of ether oxygens (including phenoxy) is 1. The Balaban J connectivity index is 2.51. The number of H-pyrrole nitrogens is 1. The van der Waals surface area contributed by atoms with Crippen LogP contribution in [0.4, 0.5) is 0 Å². The molecule has 1 aromatic heterocycles. The smallest absolute Gasteiger partial charge is 0.330 e. The second-order valence-electron chi connectivity index (χ2n) is 4.60. The van der Waals surface area contributed by atoms with E-state index in [9.17, 15) is 24.9 Å². The number of rotatable bonds is 2. The van der Waals surface area contributed by atoms with Gasteiger partial charge in [-0.2, -0.15) is 0 Å². The van der Waals surface area contributed by atoms with E-state index >= 15 is 0 Å². The first kappa shape index (κ1) is 13.1. The summed E-state index contributed by atoms with van der Waals surface area (Å²) in [5, 5.41) is 29.3. The average molecular weight is 283 g/mol. The molecule has 1 aliphatic rings. The molecule has 4 N–H and O–H groups in total. The maximum atomic E-state index is 11.8. The van der Waals surface area contributed by atoms with Gasteiger partial charge in [-0.1, -0.05) is 5.92 Å². The summed E-state index contributed by atoms with van der Waals surface area (Å²) in [7, 11) is 0. The quantitative estimate of drug-likeness (QED) is 0.443. The minimum atomic E-state index is -1.87. The van der Waals surface area contributed by atoms with E-state index in [1.807, 2.05) is 4.98 Å². The SMILES string of the molecule is [2H]C#C[C@]1(CO)OC(n2cc(C)c(=O)[nH]c2=O)[C@H](O)[C@@H]1O. The summed E-state index contributed by atoms with van der Waals surface area (Å²) in [6.07, 6.45) is -1.61. The molecule has 108 valence electrons. The topological polar surface area (TPSA) is 125 Å². The summed E-state index contributed by atoms with van der Waals surface area (Å²) in [6.45, 7) is 0.681. The third kappa shape index (κ3) is 1.97. The second kappa shape index (κ2) is 4.88. The summed E-state index contributed by atoms with van der Waals surface area (Å²) in [4.78, 5) is 25.2. The molecule has 1 aromatic rings. The van der Waals surface area contributed by atoms with E-state index in [-0.39, 0.29) is 5.56 Å². The lowest BCUT2D eigenvalue weighted by Gasteiger charge is -2.23. The highest BCUT2D eigenvalue weighted by molar-refractivity contribution is 5.18. The van der Waals surface area contributed by atoms with Gasteiger partial charge in [0.1, 0.15) is 13.6 Å². The van der Waals surface area contributed by atoms with Gasteiger partial charge >= 0.3 is 5.69 Å². The Morgan fingerprint density at radius 3 is 2.95 bits per heavy atom. The van der Waals surface area contributed by atoms with Crippen molar-refractivity contribution in [1.29, 1.82) is 0 Å². The van der Waals surface area contributed by atoms with E-state index < -0.39 is 41.9 Å². The van der Waals surface area contributed by atoms with Crippen molar-refractivity contribution in [3.63, 3.8) is 0 Å². The van der Waals surface area contributed by atoms with E-state index in [0.29, 0.717) is 0 Å². The van der Waals surface area contributed by atoms with E-state index in [0.717, 1.165) is 4.57 Å². The molecule has 0 spiro atoms. The van der Waals surface area contributed by atoms with Crippen LogP contribution in [0.2, 0.25) is 0 Å². The molecule has 2 heterocycles. The molecular formula is C12H14N2O6. The van der Waals surface area contributed by atoms with Gasteiger partial charge < -0.3 is 20.1 Å². The maximum Gasteiger partial charge on any atom is 0.330 e. The summed E-state index contributed by atoms with van der Waals surface area (Å²) in [6, 6.07) is 0. The fourth-order valence-corrected chi connectivity index (χ4v) is 2.06. The van der Waals surface area contributed by atoms with Gasteiger partial charge in [0.25, 0.3) is 5.56 Å². The minimum Gasteiger partial charge on any atom is -0.392 e. The monoisotopic (exact) mass is 283 g/mol. The van der Waals surface area contributed by atoms with Crippen LogP contribution in [-0.2, 0) is 4.74 Å². The van der Waals surface area contributed by atoms with Crippen LogP contribution < -0.4 is 11.2 Å². The van der Waals surface area contributed by atoms with Crippen molar-refractivity contribution in [2.24, 2.45) is 0 Å². The van der Waals surface area contributed by atoms with Crippen LogP contribution in [0.25, 0.3) is 0 Å².